The molecule has 0 spiro atoms. The van der Waals surface area contributed by atoms with Crippen LogP contribution in [-0.2, 0) is 41.5 Å². The van der Waals surface area contributed by atoms with Crippen LogP contribution in [0.1, 0.15) is 88.3 Å². The van der Waals surface area contributed by atoms with Gasteiger partial charge in [-0.25, -0.2) is 12.2 Å². The maximum atomic E-state index is 3.50. The van der Waals surface area contributed by atoms with Crippen LogP contribution >= 0.6 is 24.8 Å². The van der Waals surface area contributed by atoms with Crippen LogP contribution < -0.4 is 0 Å². The summed E-state index contributed by atoms with van der Waals surface area (Å²) >= 11 is 1.30. The summed E-state index contributed by atoms with van der Waals surface area (Å²) in [4.78, 5) is 0. The number of benzene rings is 3. The van der Waals surface area contributed by atoms with Gasteiger partial charge in [0.1, 0.15) is 0 Å². The molecule has 3 heteroatoms. The number of rotatable bonds is 0. The molecule has 228 valence electrons. The van der Waals surface area contributed by atoms with Crippen molar-refractivity contribution in [2.24, 2.45) is 5.41 Å². The van der Waals surface area contributed by atoms with E-state index < -0.39 is 0 Å². The first-order valence-corrected chi connectivity index (χ1v) is 15.9. The van der Waals surface area contributed by atoms with Crippen molar-refractivity contribution in [2.45, 2.75) is 72.1 Å². The van der Waals surface area contributed by atoms with E-state index in [9.17, 15) is 0 Å². The SMILES string of the molecule is CC(C)(C)C1=CC[C-]=C1.CC1(C)[C-]=Cc2cc3c(cc21)Cc1cc2c(cc1-3)C=CC2(C)C.Cl.Cl.[CH2]=[Zr].[CH3-].[c-]1ccccc1. The van der Waals surface area contributed by atoms with Crippen molar-refractivity contribution < 1.29 is 24.2 Å². The van der Waals surface area contributed by atoms with E-state index in [0.717, 1.165) is 12.8 Å². The van der Waals surface area contributed by atoms with E-state index in [1.807, 2.05) is 30.3 Å². The molecule has 4 aliphatic rings. The molecule has 0 amide bonds. The second kappa shape index (κ2) is 15.8. The average molecular weight is 689 g/mol. The summed E-state index contributed by atoms with van der Waals surface area (Å²) < 4.78 is 3.34. The molecule has 7 rings (SSSR count). The molecule has 0 fully saturated rings. The molecular weight excluding hydrogens is 643 g/mol. The van der Waals surface area contributed by atoms with Crippen molar-refractivity contribution >= 4 is 41.2 Å². The molecule has 0 saturated heterocycles. The Morgan fingerprint density at radius 1 is 0.791 bits per heavy atom. The van der Waals surface area contributed by atoms with Gasteiger partial charge >= 0.3 is 28.4 Å². The van der Waals surface area contributed by atoms with Crippen molar-refractivity contribution in [3.05, 3.63) is 137 Å². The van der Waals surface area contributed by atoms with Crippen LogP contribution in [0, 0.1) is 31.1 Å². The van der Waals surface area contributed by atoms with Crippen molar-refractivity contribution in [1.82, 2.24) is 0 Å². The van der Waals surface area contributed by atoms with E-state index >= 15 is 0 Å². The molecule has 0 saturated carbocycles. The van der Waals surface area contributed by atoms with Crippen molar-refractivity contribution in [3.8, 4) is 11.1 Å². The Morgan fingerprint density at radius 3 is 1.84 bits per heavy atom. The summed E-state index contributed by atoms with van der Waals surface area (Å²) in [6.45, 7) is 15.8. The van der Waals surface area contributed by atoms with Crippen LogP contribution in [0.2, 0.25) is 0 Å². The van der Waals surface area contributed by atoms with Crippen molar-refractivity contribution in [2.75, 3.05) is 0 Å². The predicted octanol–water partition coefficient (Wildman–Crippen LogP) is 11.1. The molecule has 0 aromatic heterocycles. The van der Waals surface area contributed by atoms with Crippen LogP contribution in [0.25, 0.3) is 23.3 Å². The second-order valence-corrected chi connectivity index (χ2v) is 12.9. The molecule has 0 unspecified atom stereocenters. The summed E-state index contributed by atoms with van der Waals surface area (Å²) in [5.41, 5.74) is 13.4. The molecule has 0 N–H and O–H groups in total. The number of fused-ring (bicyclic) bond motifs is 5. The van der Waals surface area contributed by atoms with Gasteiger partial charge < -0.3 is 7.43 Å². The van der Waals surface area contributed by atoms with E-state index in [4.69, 9.17) is 0 Å². The van der Waals surface area contributed by atoms with E-state index in [0.29, 0.717) is 5.41 Å². The third-order valence-corrected chi connectivity index (χ3v) is 8.03. The zero-order chi connectivity index (χ0) is 29.1. The minimum atomic E-state index is 0. The monoisotopic (exact) mass is 686 g/mol. The Labute approximate surface area is 289 Å². The number of hydrogen-bond donors (Lipinski definition) is 0. The Kier molecular flexibility index (Phi) is 14.3. The Hall–Kier alpha value is -2.05. The maximum Gasteiger partial charge on any atom is -0.171 e. The fraction of sp³-hybridized carbons (Fsp3) is 0.300. The fourth-order valence-corrected chi connectivity index (χ4v) is 5.66. The van der Waals surface area contributed by atoms with Gasteiger partial charge in [0.05, 0.1) is 0 Å². The summed E-state index contributed by atoms with van der Waals surface area (Å²) in [6.07, 6.45) is 19.9. The smallest absolute Gasteiger partial charge is 0.171 e. The standard InChI is InChI=1S/C23H21.C9H13.C6H5.CH3.CH2.2ClH.Zr/c1-22(2)7-5-14-10-18-16(12-20(14)22)9-17-13-21-15(11-19(17)18)6-8-23(21,3)4;1-9(2,3)8-6-4-5-7-8;1-2-4-6-5-3-1;;;;;/h5-7,10-13H,9H2,1-4H3;6-7H,4H2,1-3H3;1-5H;1H3;1H2;2*1H;/q4*-1;;;;. The van der Waals surface area contributed by atoms with Crippen LogP contribution in [-0.4, -0.2) is 4.21 Å². The summed E-state index contributed by atoms with van der Waals surface area (Å²) in [5.74, 6) is 0. The maximum absolute atomic E-state index is 3.50. The molecule has 0 bridgehead atoms. The minimum absolute atomic E-state index is 0. The van der Waals surface area contributed by atoms with Gasteiger partial charge in [0.15, 0.2) is 0 Å². The first kappa shape index (κ1) is 39.0. The largest absolute Gasteiger partial charge is 0.358 e. The quantitative estimate of drug-likeness (QED) is 0.161. The van der Waals surface area contributed by atoms with Gasteiger partial charge in [-0.1, -0.05) is 83.6 Å². The van der Waals surface area contributed by atoms with Gasteiger partial charge in [-0.05, 0) is 45.9 Å². The molecule has 43 heavy (non-hydrogen) atoms. The second-order valence-electron chi connectivity index (χ2n) is 12.9. The van der Waals surface area contributed by atoms with Crippen LogP contribution in [0.3, 0.4) is 0 Å². The van der Waals surface area contributed by atoms with Gasteiger partial charge in [-0.15, -0.1) is 42.9 Å². The minimum Gasteiger partial charge on any atom is -0.358 e. The molecule has 0 nitrogen and oxygen atoms in total. The van der Waals surface area contributed by atoms with Gasteiger partial charge in [0.2, 0.25) is 0 Å². The summed E-state index contributed by atoms with van der Waals surface area (Å²) in [5, 5.41) is 0. The molecule has 0 radical (unpaired) electrons. The first-order chi connectivity index (χ1) is 19.0. The number of halogens is 2. The van der Waals surface area contributed by atoms with Crippen LogP contribution in [0.5, 0.6) is 0 Å². The van der Waals surface area contributed by atoms with E-state index in [1.54, 1.807) is 0 Å². The van der Waals surface area contributed by atoms with Gasteiger partial charge in [-0.2, -0.15) is 53.6 Å². The fourth-order valence-electron chi connectivity index (χ4n) is 5.66. The Balaban J connectivity index is 0.000000387. The summed E-state index contributed by atoms with van der Waals surface area (Å²) in [7, 11) is 0. The van der Waals surface area contributed by atoms with E-state index in [1.165, 1.54) is 74.3 Å². The van der Waals surface area contributed by atoms with Gasteiger partial charge in [0, 0.05) is 5.41 Å². The zero-order valence-electron chi connectivity index (χ0n) is 27.0. The topological polar surface area (TPSA) is 0 Å². The van der Waals surface area contributed by atoms with Crippen LogP contribution in [0.4, 0.5) is 0 Å². The average Bonchev–Trinajstić information content (AvgIpc) is 3.71. The summed E-state index contributed by atoms with van der Waals surface area (Å²) in [6, 6.07) is 22.2. The third-order valence-electron chi connectivity index (χ3n) is 8.03. The van der Waals surface area contributed by atoms with E-state index in [2.05, 4.69) is 126 Å². The van der Waals surface area contributed by atoms with Crippen molar-refractivity contribution in [1.29, 1.82) is 0 Å². The Morgan fingerprint density at radius 2 is 1.37 bits per heavy atom. The predicted molar refractivity (Wildman–Crippen MR) is 191 cm³/mol. The van der Waals surface area contributed by atoms with E-state index in [-0.39, 0.29) is 43.1 Å². The molecule has 4 aliphatic carbocycles. The molecular formula is C40H46Cl2Zr-4. The molecule has 3 aromatic rings. The number of hydrogen-bond acceptors (Lipinski definition) is 0. The normalized spacial score (nSPS) is 15.9. The zero-order valence-corrected chi connectivity index (χ0v) is 31.1. The molecule has 3 aromatic carbocycles. The molecule has 0 heterocycles. The Bertz CT molecular complexity index is 1390. The third kappa shape index (κ3) is 8.78. The molecule has 0 atom stereocenters. The first-order valence-electron chi connectivity index (χ1n) is 14.1. The molecule has 0 aliphatic heterocycles. The van der Waals surface area contributed by atoms with Gasteiger partial charge in [0.25, 0.3) is 0 Å². The number of allylic oxidation sites excluding steroid dienone is 6. The van der Waals surface area contributed by atoms with Crippen molar-refractivity contribution in [3.63, 3.8) is 0 Å². The van der Waals surface area contributed by atoms with Gasteiger partial charge in [-0.3, -0.25) is 12.2 Å². The van der Waals surface area contributed by atoms with Crippen LogP contribution in [0.15, 0.2) is 78.4 Å².